The smallest absolute Gasteiger partial charge is 2.00 e. The molecule has 2 aliphatic heterocycles. The molecule has 0 bridgehead atoms. The molecule has 0 radical (unpaired) electrons. The Morgan fingerprint density at radius 2 is 0.558 bits per heavy atom. The molecule has 0 saturated heterocycles. The second kappa shape index (κ2) is 12.9. The summed E-state index contributed by atoms with van der Waals surface area (Å²) in [6.07, 6.45) is 0. The second-order valence-corrected chi connectivity index (χ2v) is 18.6. The van der Waals surface area contributed by atoms with Crippen LogP contribution in [0.3, 0.4) is 0 Å². The van der Waals surface area contributed by atoms with Crippen LogP contribution in [0.15, 0.2) is 146 Å². The first-order valence-electron chi connectivity index (χ1n) is 13.5. The van der Waals surface area contributed by atoms with Crippen LogP contribution in [0.25, 0.3) is 0 Å². The molecular formula is C36H24As2O4Pt. The monoisotopic (exact) mass is 865 g/mol. The Morgan fingerprint density at radius 3 is 0.837 bits per heavy atom. The van der Waals surface area contributed by atoms with E-state index in [9.17, 15) is 10.2 Å². The van der Waals surface area contributed by atoms with Crippen molar-refractivity contribution in [2.75, 3.05) is 0 Å². The van der Waals surface area contributed by atoms with E-state index in [1.165, 1.54) is 17.4 Å². The zero-order valence-corrected chi connectivity index (χ0v) is 28.7. The third-order valence-electron chi connectivity index (χ3n) is 7.08. The van der Waals surface area contributed by atoms with Gasteiger partial charge < -0.3 is 0 Å². The Morgan fingerprint density at radius 1 is 0.326 bits per heavy atom. The van der Waals surface area contributed by atoms with Gasteiger partial charge in [-0.1, -0.05) is 0 Å². The van der Waals surface area contributed by atoms with Crippen molar-refractivity contribution < 1.29 is 40.8 Å². The summed E-state index contributed by atoms with van der Waals surface area (Å²) in [4.78, 5) is 0. The zero-order valence-electron chi connectivity index (χ0n) is 22.7. The molecule has 8 rings (SSSR count). The molecule has 0 amide bonds. The van der Waals surface area contributed by atoms with Gasteiger partial charge in [-0.15, -0.1) is 0 Å². The number of para-hydroxylation sites is 6. The van der Waals surface area contributed by atoms with Crippen molar-refractivity contribution in [2.24, 2.45) is 0 Å². The number of rotatable bonds is 2. The largest absolute Gasteiger partial charge is 2.00 e. The number of ether oxygens (including phenoxy) is 2. The maximum Gasteiger partial charge on any atom is 2.00 e. The summed E-state index contributed by atoms with van der Waals surface area (Å²) < 4.78 is 18.6. The van der Waals surface area contributed by atoms with E-state index >= 15 is 0 Å². The molecule has 2 heterocycles. The van der Waals surface area contributed by atoms with Crippen LogP contribution in [0.2, 0.25) is 0 Å². The molecule has 6 aromatic carbocycles. The Balaban J connectivity index is 0.000000150. The van der Waals surface area contributed by atoms with Gasteiger partial charge in [-0.3, -0.25) is 0 Å². The van der Waals surface area contributed by atoms with Crippen LogP contribution in [-0.2, 0) is 21.1 Å². The topological polar surface area (TPSA) is 64.6 Å². The molecule has 0 unspecified atom stereocenters. The molecule has 212 valence electrons. The van der Waals surface area contributed by atoms with Crippen LogP contribution >= 0.6 is 0 Å². The molecule has 0 N–H and O–H groups in total. The maximum atomic E-state index is 12.3. The van der Waals surface area contributed by atoms with Crippen molar-refractivity contribution in [1.82, 2.24) is 0 Å². The maximum absolute atomic E-state index is 12.3. The average Bonchev–Trinajstić information content (AvgIpc) is 3.04. The van der Waals surface area contributed by atoms with E-state index in [-0.39, 0.29) is 32.6 Å². The van der Waals surface area contributed by atoms with Crippen LogP contribution in [0.5, 0.6) is 34.5 Å². The molecule has 2 aliphatic rings. The standard InChI is InChI=1S/2C18H13AsO2.Pt/c2*20-16-10-4-1-7-13(16)19-14-8-2-5-11-17(14)21-18-12-6-3-9-15(18)19;/h2*1-12,20H;/q;;+2/p-2. The molecule has 43 heavy (non-hydrogen) atoms. The molecule has 6 aromatic rings. The van der Waals surface area contributed by atoms with Crippen LogP contribution < -0.4 is 45.8 Å². The van der Waals surface area contributed by atoms with E-state index in [0.29, 0.717) is 0 Å². The predicted molar refractivity (Wildman–Crippen MR) is 167 cm³/mol. The van der Waals surface area contributed by atoms with E-state index in [0.717, 1.165) is 31.7 Å². The normalized spacial score (nSPS) is 12.8. The molecule has 0 aromatic heterocycles. The average molecular weight is 866 g/mol. The van der Waals surface area contributed by atoms with Gasteiger partial charge >= 0.3 is 276 Å². The predicted octanol–water partition coefficient (Wildman–Crippen LogP) is 2.76. The second-order valence-electron chi connectivity index (χ2n) is 9.68. The summed E-state index contributed by atoms with van der Waals surface area (Å²) in [5.41, 5.74) is 0. The number of hydrogen-bond acceptors (Lipinski definition) is 4. The van der Waals surface area contributed by atoms with Crippen molar-refractivity contribution in [1.29, 1.82) is 0 Å². The molecule has 0 aliphatic carbocycles. The minimum Gasteiger partial charge on any atom is 2.00 e. The van der Waals surface area contributed by atoms with Gasteiger partial charge in [-0.25, -0.2) is 0 Å². The number of hydrogen-bond donors (Lipinski definition) is 0. The Hall–Kier alpha value is -3.67. The molecule has 0 spiro atoms. The molecule has 0 saturated carbocycles. The van der Waals surface area contributed by atoms with Crippen molar-refractivity contribution in [2.45, 2.75) is 0 Å². The summed E-state index contributed by atoms with van der Waals surface area (Å²) in [5, 5.41) is 24.7. The SMILES string of the molecule is [O-]c1ccccc1[As]1c2ccccc2Oc2ccccc21.[O-]c1ccccc1[As]1c2ccccc2Oc2ccccc21.[Pt+2]. The van der Waals surface area contributed by atoms with Crippen molar-refractivity contribution in [3.8, 4) is 34.5 Å². The molecular weight excluding hydrogens is 841 g/mol. The fraction of sp³-hybridized carbons (Fsp3) is 0. The quantitative estimate of drug-likeness (QED) is 0.251. The van der Waals surface area contributed by atoms with E-state index < -0.39 is 29.3 Å². The van der Waals surface area contributed by atoms with Gasteiger partial charge in [-0.2, -0.15) is 0 Å². The van der Waals surface area contributed by atoms with Crippen molar-refractivity contribution in [3.05, 3.63) is 146 Å². The first-order valence-corrected chi connectivity index (χ1v) is 19.2. The summed E-state index contributed by atoms with van der Waals surface area (Å²) in [6.45, 7) is 0. The van der Waals surface area contributed by atoms with E-state index in [1.807, 2.05) is 97.1 Å². The molecule has 0 atom stereocenters. The zero-order chi connectivity index (χ0) is 28.5. The van der Waals surface area contributed by atoms with Crippen LogP contribution in [-0.4, -0.2) is 29.3 Å². The number of fused-ring (bicyclic) bond motifs is 4. The summed E-state index contributed by atoms with van der Waals surface area (Å²) in [7, 11) is 0. The van der Waals surface area contributed by atoms with Gasteiger partial charge in [0, 0.05) is 0 Å². The first kappa shape index (κ1) is 29.4. The van der Waals surface area contributed by atoms with Crippen LogP contribution in [0.1, 0.15) is 0 Å². The third-order valence-corrected chi connectivity index (χ3v) is 17.8. The molecule has 4 nitrogen and oxygen atoms in total. The van der Waals surface area contributed by atoms with Crippen molar-refractivity contribution >= 4 is 55.4 Å². The fourth-order valence-electron chi connectivity index (χ4n) is 5.21. The van der Waals surface area contributed by atoms with Gasteiger partial charge in [0.25, 0.3) is 0 Å². The summed E-state index contributed by atoms with van der Waals surface area (Å²) in [6, 6.07) is 47.1. The minimum absolute atomic E-state index is 0. The summed E-state index contributed by atoms with van der Waals surface area (Å²) >= 11 is -3.68. The first-order chi connectivity index (χ1) is 20.7. The van der Waals surface area contributed by atoms with Gasteiger partial charge in [0.05, 0.1) is 0 Å². The Kier molecular flexibility index (Phi) is 8.82. The van der Waals surface area contributed by atoms with Gasteiger partial charge in [0.2, 0.25) is 0 Å². The van der Waals surface area contributed by atoms with E-state index in [1.54, 1.807) is 24.3 Å². The van der Waals surface area contributed by atoms with Crippen LogP contribution in [0, 0.1) is 0 Å². The Labute approximate surface area is 274 Å². The molecule has 0 fully saturated rings. The number of benzene rings is 6. The van der Waals surface area contributed by atoms with E-state index in [4.69, 9.17) is 9.47 Å². The van der Waals surface area contributed by atoms with E-state index in [2.05, 4.69) is 24.3 Å². The van der Waals surface area contributed by atoms with Crippen LogP contribution in [0.4, 0.5) is 0 Å². The summed E-state index contributed by atoms with van der Waals surface area (Å²) in [5.74, 6) is 3.81. The van der Waals surface area contributed by atoms with Gasteiger partial charge in [0.15, 0.2) is 0 Å². The van der Waals surface area contributed by atoms with Crippen molar-refractivity contribution in [3.63, 3.8) is 0 Å². The van der Waals surface area contributed by atoms with Gasteiger partial charge in [-0.05, 0) is 0 Å². The fourth-order valence-corrected chi connectivity index (χ4v) is 15.5. The van der Waals surface area contributed by atoms with Gasteiger partial charge in [0.1, 0.15) is 0 Å². The third kappa shape index (κ3) is 5.68. The minimum atomic E-state index is -1.84. The molecule has 7 heteroatoms. The Bertz CT molecular complexity index is 1650.